The van der Waals surface area contributed by atoms with E-state index in [4.69, 9.17) is 9.47 Å². The van der Waals surface area contributed by atoms with Crippen molar-refractivity contribution in [1.82, 2.24) is 20.4 Å². The van der Waals surface area contributed by atoms with Crippen molar-refractivity contribution in [1.29, 1.82) is 0 Å². The molecule has 0 spiro atoms. The highest BCUT2D eigenvalue weighted by molar-refractivity contribution is 5.83. The number of rotatable bonds is 6. The normalized spacial score (nSPS) is 13.9. The number of nitrogens with one attached hydrogen (secondary N) is 1. The fourth-order valence-corrected chi connectivity index (χ4v) is 2.49. The highest BCUT2D eigenvalue weighted by Crippen LogP contribution is 2.20. The smallest absolute Gasteiger partial charge is 0.231 e. The number of nitrogens with zero attached hydrogens (tertiary/aromatic N) is 5. The Morgan fingerprint density at radius 3 is 2.52 bits per heavy atom. The standard InChI is InChI=1S/C15H24N4O2.C6H8N2/c1-16-15(17-2)18-19(3)10-9-12-7-6-8-13(20-4)14(11-12)21-5;1-5-3-4-7-6(2)8-5/h6,8,11H,1,7,9-10H2,2-5H3,(H,17,18);3-4H,1-2H3. The third-order valence-corrected chi connectivity index (χ3v) is 4.00. The van der Waals surface area contributed by atoms with E-state index in [0.717, 1.165) is 42.4 Å². The van der Waals surface area contributed by atoms with Gasteiger partial charge in [0.2, 0.25) is 5.96 Å². The van der Waals surface area contributed by atoms with Crippen LogP contribution in [0.2, 0.25) is 0 Å². The average Bonchev–Trinajstić information content (AvgIpc) is 2.92. The molecule has 158 valence electrons. The largest absolute Gasteiger partial charge is 0.493 e. The first-order valence-corrected chi connectivity index (χ1v) is 9.29. The minimum atomic E-state index is 0.506. The SMILES string of the molecule is C=NC(=NC)NN(C)CCC1=CC(OC)=C(OC)C=CC1.Cc1ccnc(C)n1. The van der Waals surface area contributed by atoms with Crippen LogP contribution in [0.1, 0.15) is 24.4 Å². The van der Waals surface area contributed by atoms with Crippen LogP contribution in [0.5, 0.6) is 0 Å². The Morgan fingerprint density at radius 1 is 1.28 bits per heavy atom. The topological polar surface area (TPSA) is 84.2 Å². The van der Waals surface area contributed by atoms with Gasteiger partial charge in [-0.25, -0.2) is 20.0 Å². The molecule has 0 radical (unpaired) electrons. The van der Waals surface area contributed by atoms with Gasteiger partial charge in [0.15, 0.2) is 11.5 Å². The first kappa shape index (κ1) is 24.0. The number of aromatic nitrogens is 2. The van der Waals surface area contributed by atoms with Gasteiger partial charge in [-0.3, -0.25) is 10.4 Å². The zero-order valence-electron chi connectivity index (χ0n) is 18.3. The summed E-state index contributed by atoms with van der Waals surface area (Å²) < 4.78 is 10.7. The van der Waals surface area contributed by atoms with E-state index < -0.39 is 0 Å². The zero-order valence-corrected chi connectivity index (χ0v) is 18.3. The molecule has 1 aromatic heterocycles. The van der Waals surface area contributed by atoms with Crippen molar-refractivity contribution in [2.75, 3.05) is 34.9 Å². The second-order valence-electron chi connectivity index (χ2n) is 6.28. The van der Waals surface area contributed by atoms with Crippen LogP contribution in [0.3, 0.4) is 0 Å². The minimum Gasteiger partial charge on any atom is -0.493 e. The molecule has 0 atom stereocenters. The molecule has 1 N–H and O–H groups in total. The number of aliphatic imine (C=N–C) groups is 2. The van der Waals surface area contributed by atoms with Gasteiger partial charge in [0.05, 0.1) is 14.2 Å². The average molecular weight is 401 g/mol. The fourth-order valence-electron chi connectivity index (χ4n) is 2.49. The summed E-state index contributed by atoms with van der Waals surface area (Å²) in [5, 5.41) is 1.93. The quantitative estimate of drug-likeness (QED) is 0.449. The lowest BCUT2D eigenvalue weighted by Crippen LogP contribution is -2.39. The maximum Gasteiger partial charge on any atom is 0.231 e. The molecule has 2 rings (SSSR count). The van der Waals surface area contributed by atoms with Gasteiger partial charge >= 0.3 is 0 Å². The van der Waals surface area contributed by atoms with E-state index in [2.05, 4.69) is 38.2 Å². The van der Waals surface area contributed by atoms with Crippen LogP contribution in [0, 0.1) is 13.8 Å². The lowest BCUT2D eigenvalue weighted by molar-refractivity contribution is 0.241. The number of methoxy groups -OCH3 is 2. The van der Waals surface area contributed by atoms with Crippen molar-refractivity contribution in [2.24, 2.45) is 9.98 Å². The predicted octanol–water partition coefficient (Wildman–Crippen LogP) is 2.98. The van der Waals surface area contributed by atoms with Gasteiger partial charge in [0.25, 0.3) is 0 Å². The molecule has 8 nitrogen and oxygen atoms in total. The number of hydrogen-bond acceptors (Lipinski definition) is 6. The third-order valence-electron chi connectivity index (χ3n) is 4.00. The number of ether oxygens (including phenoxy) is 2. The Hall–Kier alpha value is -3.00. The summed E-state index contributed by atoms with van der Waals surface area (Å²) in [5.74, 6) is 2.84. The monoisotopic (exact) mass is 400 g/mol. The zero-order chi connectivity index (χ0) is 21.6. The maximum absolute atomic E-state index is 5.37. The van der Waals surface area contributed by atoms with E-state index in [-0.39, 0.29) is 0 Å². The highest BCUT2D eigenvalue weighted by atomic mass is 16.5. The molecule has 1 aliphatic rings. The molecule has 0 unspecified atom stereocenters. The molecule has 8 heteroatoms. The molecule has 0 saturated heterocycles. The number of hydrogen-bond donors (Lipinski definition) is 1. The van der Waals surface area contributed by atoms with Crippen LogP contribution in [-0.2, 0) is 9.47 Å². The highest BCUT2D eigenvalue weighted by Gasteiger charge is 2.09. The van der Waals surface area contributed by atoms with Gasteiger partial charge in [-0.05, 0) is 51.6 Å². The first-order valence-electron chi connectivity index (χ1n) is 9.29. The Bertz CT molecular complexity index is 766. The summed E-state index contributed by atoms with van der Waals surface area (Å²) in [5.41, 5.74) is 5.35. The fraction of sp³-hybridized carbons (Fsp3) is 0.429. The van der Waals surface area contributed by atoms with E-state index in [0.29, 0.717) is 5.96 Å². The van der Waals surface area contributed by atoms with E-state index >= 15 is 0 Å². The second-order valence-corrected chi connectivity index (χ2v) is 6.28. The van der Waals surface area contributed by atoms with Gasteiger partial charge in [-0.15, -0.1) is 0 Å². The summed E-state index contributed by atoms with van der Waals surface area (Å²) in [6, 6.07) is 1.88. The molecule has 0 bridgehead atoms. The Kier molecular flexibility index (Phi) is 11.0. The molecule has 1 aromatic rings. The van der Waals surface area contributed by atoms with Crippen LogP contribution >= 0.6 is 0 Å². The molecule has 0 saturated carbocycles. The number of guanidine groups is 1. The third kappa shape index (κ3) is 9.16. The van der Waals surface area contributed by atoms with Gasteiger partial charge in [-0.2, -0.15) is 0 Å². The van der Waals surface area contributed by atoms with Gasteiger partial charge in [-0.1, -0.05) is 11.6 Å². The lowest BCUT2D eigenvalue weighted by atomic mass is 10.1. The Labute approximate surface area is 173 Å². The van der Waals surface area contributed by atoms with E-state index in [1.807, 2.05) is 44.1 Å². The lowest BCUT2D eigenvalue weighted by Gasteiger charge is -2.18. The van der Waals surface area contributed by atoms with Crippen LogP contribution in [-0.4, -0.2) is 62.5 Å². The summed E-state index contributed by atoms with van der Waals surface area (Å²) >= 11 is 0. The number of aryl methyl sites for hydroxylation is 2. The molecule has 0 aromatic carbocycles. The minimum absolute atomic E-state index is 0.506. The molecule has 0 aliphatic heterocycles. The van der Waals surface area contributed by atoms with Crippen molar-refractivity contribution >= 4 is 12.7 Å². The molecule has 1 heterocycles. The maximum atomic E-state index is 5.37. The first-order chi connectivity index (χ1) is 13.9. The van der Waals surface area contributed by atoms with Gasteiger partial charge in [0.1, 0.15) is 5.82 Å². The summed E-state index contributed by atoms with van der Waals surface area (Å²) in [6.07, 6.45) is 9.58. The molecule has 1 aliphatic carbocycles. The van der Waals surface area contributed by atoms with E-state index in [1.54, 1.807) is 27.5 Å². The summed E-state index contributed by atoms with van der Waals surface area (Å²) in [4.78, 5) is 15.7. The Balaban J connectivity index is 0.000000436. The molecule has 0 fully saturated rings. The van der Waals surface area contributed by atoms with Crippen molar-refractivity contribution in [3.05, 3.63) is 59.1 Å². The van der Waals surface area contributed by atoms with Crippen LogP contribution in [0.25, 0.3) is 0 Å². The van der Waals surface area contributed by atoms with Crippen LogP contribution in [0.4, 0.5) is 0 Å². The van der Waals surface area contributed by atoms with E-state index in [1.165, 1.54) is 5.57 Å². The Morgan fingerprint density at radius 2 is 2.00 bits per heavy atom. The summed E-state index contributed by atoms with van der Waals surface area (Å²) in [7, 11) is 6.90. The van der Waals surface area contributed by atoms with E-state index in [9.17, 15) is 0 Å². The van der Waals surface area contributed by atoms with Gasteiger partial charge in [0, 0.05) is 32.5 Å². The van der Waals surface area contributed by atoms with Gasteiger partial charge < -0.3 is 9.47 Å². The summed E-state index contributed by atoms with van der Waals surface area (Å²) in [6.45, 7) is 8.11. The van der Waals surface area contributed by atoms with Crippen LogP contribution < -0.4 is 5.43 Å². The number of hydrazine groups is 1. The van der Waals surface area contributed by atoms with Crippen LogP contribution in [0.15, 0.2) is 57.6 Å². The molecular weight excluding hydrogens is 368 g/mol. The van der Waals surface area contributed by atoms with Crippen molar-refractivity contribution in [3.8, 4) is 0 Å². The van der Waals surface area contributed by atoms with Crippen molar-refractivity contribution in [3.63, 3.8) is 0 Å². The molecule has 0 amide bonds. The predicted molar refractivity (Wildman–Crippen MR) is 118 cm³/mol. The second kappa shape index (κ2) is 13.2. The molecular formula is C21H32N6O2. The number of allylic oxidation sites excluding steroid dienone is 3. The molecule has 29 heavy (non-hydrogen) atoms. The van der Waals surface area contributed by atoms with Crippen molar-refractivity contribution < 1.29 is 9.47 Å². The van der Waals surface area contributed by atoms with Crippen molar-refractivity contribution in [2.45, 2.75) is 26.7 Å².